The lowest BCUT2D eigenvalue weighted by Crippen LogP contribution is -2.35. The zero-order chi connectivity index (χ0) is 11.3. The molecule has 0 radical (unpaired) electrons. The van der Waals surface area contributed by atoms with Gasteiger partial charge in [0.2, 0.25) is 10.0 Å². The molecule has 0 aromatic heterocycles. The molecule has 1 aliphatic rings. The molecule has 1 aliphatic carbocycles. The number of hydrogen-bond donors (Lipinski definition) is 1. The maximum absolute atomic E-state index is 11.9. The summed E-state index contributed by atoms with van der Waals surface area (Å²) in [5.74, 6) is 0.487. The first-order chi connectivity index (χ1) is 7.10. The molecule has 0 aromatic rings. The van der Waals surface area contributed by atoms with Crippen molar-refractivity contribution in [3.63, 3.8) is 0 Å². The van der Waals surface area contributed by atoms with E-state index in [0.29, 0.717) is 12.5 Å². The van der Waals surface area contributed by atoms with Gasteiger partial charge in [0.15, 0.2) is 0 Å². The first-order valence-corrected chi connectivity index (χ1v) is 7.63. The Hall–Kier alpha value is -0.0900. The molecule has 1 saturated carbocycles. The summed E-state index contributed by atoms with van der Waals surface area (Å²) < 4.78 is 26.5. The van der Waals surface area contributed by atoms with E-state index in [1.54, 1.807) is 0 Å². The van der Waals surface area contributed by atoms with Gasteiger partial charge in [0.05, 0.1) is 5.25 Å². The van der Waals surface area contributed by atoms with Crippen LogP contribution in [-0.2, 0) is 10.0 Å². The molecule has 0 saturated heterocycles. The Labute approximate surface area is 93.7 Å². The van der Waals surface area contributed by atoms with E-state index < -0.39 is 10.0 Å². The summed E-state index contributed by atoms with van der Waals surface area (Å²) in [6, 6.07) is 0. The fourth-order valence-electron chi connectivity index (χ4n) is 2.13. The van der Waals surface area contributed by atoms with Crippen molar-refractivity contribution < 1.29 is 8.42 Å². The van der Waals surface area contributed by atoms with Crippen molar-refractivity contribution in [1.29, 1.82) is 0 Å². The van der Waals surface area contributed by atoms with Gasteiger partial charge in [-0.15, -0.1) is 0 Å². The van der Waals surface area contributed by atoms with Crippen LogP contribution in [0.25, 0.3) is 0 Å². The first-order valence-electron chi connectivity index (χ1n) is 6.08. The lowest BCUT2D eigenvalue weighted by atomic mass is 10.0. The third-order valence-electron chi connectivity index (χ3n) is 3.47. The molecule has 0 unspecified atom stereocenters. The van der Waals surface area contributed by atoms with Gasteiger partial charge in [-0.1, -0.05) is 39.5 Å². The molecule has 15 heavy (non-hydrogen) atoms. The summed E-state index contributed by atoms with van der Waals surface area (Å²) in [6.45, 7) is 4.84. The van der Waals surface area contributed by atoms with Gasteiger partial charge < -0.3 is 0 Å². The molecular formula is C11H23NO2S. The lowest BCUT2D eigenvalue weighted by molar-refractivity contribution is 0.475. The van der Waals surface area contributed by atoms with Crippen LogP contribution in [0.2, 0.25) is 0 Å². The van der Waals surface area contributed by atoms with Gasteiger partial charge in [-0.2, -0.15) is 0 Å². The van der Waals surface area contributed by atoms with Crippen LogP contribution in [-0.4, -0.2) is 20.2 Å². The van der Waals surface area contributed by atoms with E-state index in [1.807, 2.05) is 0 Å². The van der Waals surface area contributed by atoms with E-state index >= 15 is 0 Å². The summed E-state index contributed by atoms with van der Waals surface area (Å²) in [4.78, 5) is 0. The largest absolute Gasteiger partial charge is 0.215 e. The van der Waals surface area contributed by atoms with Crippen molar-refractivity contribution in [3.8, 4) is 0 Å². The van der Waals surface area contributed by atoms with Crippen molar-refractivity contribution in [2.24, 2.45) is 5.92 Å². The van der Waals surface area contributed by atoms with E-state index in [2.05, 4.69) is 18.6 Å². The predicted octanol–water partition coefficient (Wildman–Crippen LogP) is 2.28. The molecule has 90 valence electrons. The highest BCUT2D eigenvalue weighted by atomic mass is 32.2. The van der Waals surface area contributed by atoms with Crippen molar-refractivity contribution in [3.05, 3.63) is 0 Å². The monoisotopic (exact) mass is 233 g/mol. The molecule has 0 heterocycles. The second kappa shape index (κ2) is 5.85. The second-order valence-electron chi connectivity index (χ2n) is 4.48. The normalized spacial score (nSPS) is 18.9. The molecule has 0 bridgehead atoms. The topological polar surface area (TPSA) is 46.2 Å². The minimum absolute atomic E-state index is 0.119. The molecule has 1 fully saturated rings. The average molecular weight is 233 g/mol. The van der Waals surface area contributed by atoms with Gasteiger partial charge in [-0.25, -0.2) is 13.1 Å². The van der Waals surface area contributed by atoms with Gasteiger partial charge in [0.25, 0.3) is 0 Å². The minimum Gasteiger partial charge on any atom is -0.215 e. The van der Waals surface area contributed by atoms with Crippen LogP contribution in [0.15, 0.2) is 0 Å². The Kier molecular flexibility index (Phi) is 5.06. The smallest absolute Gasteiger partial charge is 0.214 e. The molecule has 3 nitrogen and oxygen atoms in total. The highest BCUT2D eigenvalue weighted by Crippen LogP contribution is 2.24. The Balaban J connectivity index is 2.42. The average Bonchev–Trinajstić information content (AvgIpc) is 2.72. The van der Waals surface area contributed by atoms with Crippen molar-refractivity contribution in [2.75, 3.05) is 6.54 Å². The zero-order valence-electron chi connectivity index (χ0n) is 9.83. The van der Waals surface area contributed by atoms with Gasteiger partial charge >= 0.3 is 0 Å². The molecular weight excluding hydrogens is 210 g/mol. The standard InChI is InChI=1S/C11H23NO2S/c1-3-10(4-2)9-12-15(13,14)11-7-5-6-8-11/h10-12H,3-9H2,1-2H3. The van der Waals surface area contributed by atoms with E-state index in [9.17, 15) is 8.42 Å². The summed E-state index contributed by atoms with van der Waals surface area (Å²) in [5.41, 5.74) is 0. The zero-order valence-corrected chi connectivity index (χ0v) is 10.6. The number of hydrogen-bond acceptors (Lipinski definition) is 2. The molecule has 0 aliphatic heterocycles. The Morgan fingerprint density at radius 2 is 1.73 bits per heavy atom. The lowest BCUT2D eigenvalue weighted by Gasteiger charge is -2.16. The van der Waals surface area contributed by atoms with E-state index in [0.717, 1.165) is 38.5 Å². The maximum Gasteiger partial charge on any atom is 0.214 e. The van der Waals surface area contributed by atoms with Crippen LogP contribution in [0, 0.1) is 5.92 Å². The summed E-state index contributed by atoms with van der Waals surface area (Å²) in [6.07, 6.45) is 5.91. The van der Waals surface area contributed by atoms with E-state index in [4.69, 9.17) is 0 Å². The van der Waals surface area contributed by atoms with Crippen LogP contribution < -0.4 is 4.72 Å². The predicted molar refractivity (Wildman–Crippen MR) is 63.3 cm³/mol. The molecule has 4 heteroatoms. The number of rotatable bonds is 6. The third kappa shape index (κ3) is 3.76. The Morgan fingerprint density at radius 1 is 1.20 bits per heavy atom. The van der Waals surface area contributed by atoms with Crippen molar-refractivity contribution in [2.45, 2.75) is 57.6 Å². The quantitative estimate of drug-likeness (QED) is 0.765. The van der Waals surface area contributed by atoms with Gasteiger partial charge in [-0.05, 0) is 18.8 Å². The van der Waals surface area contributed by atoms with Gasteiger partial charge in [0.1, 0.15) is 0 Å². The first kappa shape index (κ1) is 13.0. The van der Waals surface area contributed by atoms with Crippen LogP contribution in [0.4, 0.5) is 0 Å². The molecule has 1 rings (SSSR count). The molecule has 1 N–H and O–H groups in total. The summed E-state index contributed by atoms with van der Waals surface area (Å²) in [7, 11) is -3.03. The third-order valence-corrected chi connectivity index (χ3v) is 5.39. The van der Waals surface area contributed by atoms with Crippen LogP contribution >= 0.6 is 0 Å². The number of nitrogens with one attached hydrogen (secondary N) is 1. The molecule has 0 spiro atoms. The van der Waals surface area contributed by atoms with Crippen molar-refractivity contribution in [1.82, 2.24) is 4.72 Å². The van der Waals surface area contributed by atoms with Crippen LogP contribution in [0.1, 0.15) is 52.4 Å². The SMILES string of the molecule is CCC(CC)CNS(=O)(=O)C1CCCC1. The van der Waals surface area contributed by atoms with Crippen LogP contribution in [0.3, 0.4) is 0 Å². The fourth-order valence-corrected chi connectivity index (χ4v) is 3.79. The second-order valence-corrected chi connectivity index (χ2v) is 6.53. The van der Waals surface area contributed by atoms with Gasteiger partial charge in [-0.3, -0.25) is 0 Å². The van der Waals surface area contributed by atoms with Gasteiger partial charge in [0, 0.05) is 6.54 Å². The molecule has 0 amide bonds. The highest BCUT2D eigenvalue weighted by molar-refractivity contribution is 7.90. The maximum atomic E-state index is 11.9. The fraction of sp³-hybridized carbons (Fsp3) is 1.00. The highest BCUT2D eigenvalue weighted by Gasteiger charge is 2.28. The van der Waals surface area contributed by atoms with Crippen LogP contribution in [0.5, 0.6) is 0 Å². The molecule has 0 aromatic carbocycles. The number of sulfonamides is 1. The van der Waals surface area contributed by atoms with E-state index in [-0.39, 0.29) is 5.25 Å². The Bertz CT molecular complexity index is 264. The van der Waals surface area contributed by atoms with E-state index in [1.165, 1.54) is 0 Å². The summed E-state index contributed by atoms with van der Waals surface area (Å²) >= 11 is 0. The van der Waals surface area contributed by atoms with Crippen molar-refractivity contribution >= 4 is 10.0 Å². The minimum atomic E-state index is -3.03. The Morgan fingerprint density at radius 3 is 2.20 bits per heavy atom. The molecule has 0 atom stereocenters. The summed E-state index contributed by atoms with van der Waals surface area (Å²) in [5, 5.41) is -0.119.